The van der Waals surface area contributed by atoms with Crippen molar-refractivity contribution < 1.29 is 17.5 Å². The molecule has 5 nitrogen and oxygen atoms in total. The van der Waals surface area contributed by atoms with Crippen LogP contribution < -0.4 is 5.48 Å². The third-order valence-electron chi connectivity index (χ3n) is 0.472. The molecule has 0 aromatic rings. The van der Waals surface area contributed by atoms with Crippen LogP contribution in [0.2, 0.25) is 0 Å². The number of carbonyl (C=O) groups excluding carboxylic acids is 2. The van der Waals surface area contributed by atoms with E-state index in [1.807, 2.05) is 0 Å². The number of hydrogen-bond donors (Lipinski definition) is 1. The Bertz CT molecular complexity index is 157. The highest BCUT2D eigenvalue weighted by Crippen LogP contribution is 1.85. The van der Waals surface area contributed by atoms with Crippen LogP contribution in [0, 0.1) is 0 Å². The molecule has 0 saturated heterocycles. The van der Waals surface area contributed by atoms with Crippen molar-refractivity contribution in [1.82, 2.24) is 5.48 Å². The van der Waals surface area contributed by atoms with Crippen LogP contribution in [-0.4, -0.2) is 12.1 Å². The fourth-order valence-corrected chi connectivity index (χ4v) is 0.239. The van der Waals surface area contributed by atoms with Gasteiger partial charge in [0.25, 0.3) is 0 Å². The average Bonchev–Trinajstić information content (AvgIpc) is 1.99. The molecule has 1 amide bonds. The molecule has 0 aliphatic carbocycles. The summed E-state index contributed by atoms with van der Waals surface area (Å²) in [5, 5.41) is 0. The van der Waals surface area contributed by atoms with Gasteiger partial charge in [0.1, 0.15) is 0 Å². The minimum absolute atomic E-state index is 0.748. The minimum Gasteiger partial charge on any atom is -0.376 e. The SMILES string of the molecule is C=CC(=O)ONC(=O)OI. The van der Waals surface area contributed by atoms with Crippen LogP contribution in [0.4, 0.5) is 4.79 Å². The van der Waals surface area contributed by atoms with Gasteiger partial charge in [-0.2, -0.15) is 0 Å². The van der Waals surface area contributed by atoms with Gasteiger partial charge in [0, 0.05) is 6.08 Å². The number of amides is 1. The quantitative estimate of drug-likeness (QED) is 0.426. The largest absolute Gasteiger partial charge is 0.450 e. The lowest BCUT2D eigenvalue weighted by Crippen LogP contribution is -2.24. The van der Waals surface area contributed by atoms with E-state index in [-0.39, 0.29) is 0 Å². The monoisotopic (exact) mass is 257 g/mol. The maximum absolute atomic E-state index is 10.2. The van der Waals surface area contributed by atoms with Crippen molar-refractivity contribution in [1.29, 1.82) is 0 Å². The predicted octanol–water partition coefficient (Wildman–Crippen LogP) is 0.707. The van der Waals surface area contributed by atoms with Crippen LogP contribution in [0.5, 0.6) is 0 Å². The first-order valence-corrected chi connectivity index (χ1v) is 3.00. The molecule has 0 aromatic heterocycles. The molecule has 0 saturated carbocycles. The van der Waals surface area contributed by atoms with Gasteiger partial charge in [0.2, 0.25) is 0 Å². The molecular weight excluding hydrogens is 253 g/mol. The molecule has 0 radical (unpaired) electrons. The summed E-state index contributed by atoms with van der Waals surface area (Å²) in [5.41, 5.74) is 1.69. The van der Waals surface area contributed by atoms with Gasteiger partial charge >= 0.3 is 12.1 Å². The van der Waals surface area contributed by atoms with E-state index in [0.717, 1.165) is 6.08 Å². The maximum Gasteiger partial charge on any atom is 0.450 e. The minimum atomic E-state index is -0.851. The molecule has 0 atom stereocenters. The van der Waals surface area contributed by atoms with E-state index in [4.69, 9.17) is 0 Å². The van der Waals surface area contributed by atoms with Crippen molar-refractivity contribution in [2.75, 3.05) is 0 Å². The summed E-state index contributed by atoms with van der Waals surface area (Å²) >= 11 is 1.34. The number of nitrogens with one attached hydrogen (secondary N) is 1. The molecule has 0 fully saturated rings. The molecular formula is C4H4INO4. The normalized spacial score (nSPS) is 7.70. The third kappa shape index (κ3) is 4.13. The average molecular weight is 257 g/mol. The summed E-state index contributed by atoms with van der Waals surface area (Å²) in [5.74, 6) is -0.748. The van der Waals surface area contributed by atoms with E-state index in [1.54, 1.807) is 5.48 Å². The fraction of sp³-hybridized carbons (Fsp3) is 0. The molecule has 1 N–H and O–H groups in total. The topological polar surface area (TPSA) is 64.6 Å². The van der Waals surface area contributed by atoms with Crippen molar-refractivity contribution in [3.63, 3.8) is 0 Å². The van der Waals surface area contributed by atoms with Crippen LogP contribution in [0.25, 0.3) is 0 Å². The Morgan fingerprint density at radius 2 is 2.20 bits per heavy atom. The van der Waals surface area contributed by atoms with Gasteiger partial charge in [-0.15, -0.1) is 5.48 Å². The second kappa shape index (κ2) is 5.03. The summed E-state index contributed by atoms with van der Waals surface area (Å²) < 4.78 is 4.05. The summed E-state index contributed by atoms with van der Waals surface area (Å²) in [6.45, 7) is 3.10. The summed E-state index contributed by atoms with van der Waals surface area (Å²) in [6.07, 6.45) is 0.0591. The number of carbonyl (C=O) groups is 2. The van der Waals surface area contributed by atoms with Gasteiger partial charge in [-0.3, -0.25) is 0 Å². The van der Waals surface area contributed by atoms with Gasteiger partial charge in [-0.1, -0.05) is 6.58 Å². The second-order valence-corrected chi connectivity index (χ2v) is 1.53. The highest BCUT2D eigenvalue weighted by molar-refractivity contribution is 14.1. The first-order valence-electron chi connectivity index (χ1n) is 2.12. The zero-order valence-corrected chi connectivity index (χ0v) is 6.95. The van der Waals surface area contributed by atoms with Crippen molar-refractivity contribution in [3.05, 3.63) is 12.7 Å². The summed E-state index contributed by atoms with van der Waals surface area (Å²) in [7, 11) is 0. The van der Waals surface area contributed by atoms with Crippen LogP contribution >= 0.6 is 23.0 Å². The molecule has 56 valence electrons. The van der Waals surface area contributed by atoms with E-state index in [1.165, 1.54) is 23.0 Å². The molecule has 6 heteroatoms. The number of hydroxylamine groups is 1. The Hall–Kier alpha value is -0.790. The molecule has 0 aliphatic heterocycles. The number of rotatable bonds is 1. The molecule has 0 aromatic carbocycles. The van der Waals surface area contributed by atoms with Gasteiger partial charge in [-0.05, 0) is 0 Å². The van der Waals surface area contributed by atoms with Crippen LogP contribution in [0.15, 0.2) is 12.7 Å². The first-order chi connectivity index (χ1) is 4.70. The molecule has 0 aliphatic rings. The van der Waals surface area contributed by atoms with E-state index >= 15 is 0 Å². The Morgan fingerprint density at radius 3 is 2.60 bits per heavy atom. The van der Waals surface area contributed by atoms with Gasteiger partial charge in [0.05, 0.1) is 0 Å². The first kappa shape index (κ1) is 9.21. The predicted molar refractivity (Wildman–Crippen MR) is 39.9 cm³/mol. The smallest absolute Gasteiger partial charge is 0.376 e. The zero-order chi connectivity index (χ0) is 7.98. The van der Waals surface area contributed by atoms with Crippen LogP contribution in [0.1, 0.15) is 0 Å². The van der Waals surface area contributed by atoms with Crippen molar-refractivity contribution in [2.24, 2.45) is 0 Å². The highest BCUT2D eigenvalue weighted by atomic mass is 127. The molecule has 0 heterocycles. The zero-order valence-electron chi connectivity index (χ0n) is 4.80. The van der Waals surface area contributed by atoms with E-state index in [0.29, 0.717) is 0 Å². The van der Waals surface area contributed by atoms with Crippen LogP contribution in [0.3, 0.4) is 0 Å². The Kier molecular flexibility index (Phi) is 4.63. The second-order valence-electron chi connectivity index (χ2n) is 1.09. The molecule has 0 rings (SSSR count). The number of hydrogen-bond acceptors (Lipinski definition) is 4. The van der Waals surface area contributed by atoms with E-state index < -0.39 is 12.1 Å². The van der Waals surface area contributed by atoms with Crippen molar-refractivity contribution in [3.8, 4) is 0 Å². The molecule has 0 spiro atoms. The van der Waals surface area contributed by atoms with Gasteiger partial charge in [0.15, 0.2) is 23.0 Å². The molecule has 0 bridgehead atoms. The Morgan fingerprint density at radius 1 is 1.60 bits per heavy atom. The Labute approximate surface area is 71.0 Å². The molecule has 0 unspecified atom stereocenters. The van der Waals surface area contributed by atoms with E-state index in [9.17, 15) is 9.59 Å². The number of halogens is 1. The molecule has 10 heavy (non-hydrogen) atoms. The van der Waals surface area contributed by atoms with Crippen molar-refractivity contribution in [2.45, 2.75) is 0 Å². The van der Waals surface area contributed by atoms with Gasteiger partial charge in [-0.25, -0.2) is 9.59 Å². The van der Waals surface area contributed by atoms with Gasteiger partial charge < -0.3 is 7.90 Å². The third-order valence-corrected chi connectivity index (χ3v) is 0.872. The highest BCUT2D eigenvalue weighted by Gasteiger charge is 2.01. The van der Waals surface area contributed by atoms with Crippen molar-refractivity contribution >= 4 is 35.1 Å². The lowest BCUT2D eigenvalue weighted by atomic mass is 10.7. The summed E-state index contributed by atoms with van der Waals surface area (Å²) in [6, 6.07) is 0. The maximum atomic E-state index is 10.2. The van der Waals surface area contributed by atoms with Crippen LogP contribution in [-0.2, 0) is 12.7 Å². The Balaban J connectivity index is 3.44. The lowest BCUT2D eigenvalue weighted by Gasteiger charge is -1.98. The lowest BCUT2D eigenvalue weighted by molar-refractivity contribution is -0.143. The van der Waals surface area contributed by atoms with E-state index in [2.05, 4.69) is 14.5 Å². The standard InChI is InChI=1S/C4H4INO4/c1-2-3(7)10-6-4(8)9-5/h2H,1H2,(H,6,8). The fourth-order valence-electron chi connectivity index (χ4n) is 0.149. The summed E-state index contributed by atoms with van der Waals surface area (Å²) in [4.78, 5) is 24.5.